The van der Waals surface area contributed by atoms with E-state index in [9.17, 15) is 5.11 Å². The molecular formula is C23H35ClN2O. The van der Waals surface area contributed by atoms with Gasteiger partial charge in [-0.15, -0.1) is 0 Å². The third-order valence-electron chi connectivity index (χ3n) is 5.20. The fourth-order valence-corrected chi connectivity index (χ4v) is 3.84. The van der Waals surface area contributed by atoms with Crippen LogP contribution in [0.3, 0.4) is 0 Å². The van der Waals surface area contributed by atoms with Crippen LogP contribution >= 0.6 is 11.6 Å². The number of pyridine rings is 1. The van der Waals surface area contributed by atoms with Crippen LogP contribution in [0.15, 0.2) is 30.5 Å². The van der Waals surface area contributed by atoms with Crippen molar-refractivity contribution in [3.8, 4) is 0 Å². The number of nitrogens with zero attached hydrogens (tertiary/aromatic N) is 2. The Hall–Kier alpha value is -1.16. The molecular weight excluding hydrogens is 356 g/mol. The first-order valence-corrected chi connectivity index (χ1v) is 11.0. The van der Waals surface area contributed by atoms with Crippen LogP contribution in [-0.2, 0) is 0 Å². The van der Waals surface area contributed by atoms with Crippen molar-refractivity contribution in [2.75, 3.05) is 19.6 Å². The van der Waals surface area contributed by atoms with Gasteiger partial charge in [0.05, 0.1) is 16.6 Å². The van der Waals surface area contributed by atoms with Crippen LogP contribution in [0.5, 0.6) is 0 Å². The monoisotopic (exact) mass is 390 g/mol. The molecule has 1 aromatic carbocycles. The van der Waals surface area contributed by atoms with E-state index < -0.39 is 6.10 Å². The highest BCUT2D eigenvalue weighted by Gasteiger charge is 2.16. The van der Waals surface area contributed by atoms with Crippen LogP contribution in [0.25, 0.3) is 10.9 Å². The quantitative estimate of drug-likeness (QED) is 0.403. The van der Waals surface area contributed by atoms with Gasteiger partial charge in [-0.2, -0.15) is 0 Å². The van der Waals surface area contributed by atoms with Crippen LogP contribution < -0.4 is 0 Å². The predicted molar refractivity (Wildman–Crippen MR) is 116 cm³/mol. The van der Waals surface area contributed by atoms with Crippen molar-refractivity contribution in [1.82, 2.24) is 9.88 Å². The predicted octanol–water partition coefficient (Wildman–Crippen LogP) is 6.38. The lowest BCUT2D eigenvalue weighted by atomic mass is 10.0. The second-order valence-corrected chi connectivity index (χ2v) is 7.88. The van der Waals surface area contributed by atoms with Crippen molar-refractivity contribution in [2.24, 2.45) is 0 Å². The first-order valence-electron chi connectivity index (χ1n) is 10.6. The standard InChI is InChI=1S/C23H35ClN2O/c1-3-5-7-9-16-26(17-10-8-6-4-2)18-22(27)19-14-15-25-23-20(19)12-11-13-21(23)24/h11-15,22,27H,3-10,16-18H2,1-2H3/t22-/m1/s1. The molecule has 0 bridgehead atoms. The normalized spacial score (nSPS) is 12.8. The van der Waals surface area contributed by atoms with E-state index in [0.29, 0.717) is 11.6 Å². The number of rotatable bonds is 13. The van der Waals surface area contributed by atoms with Crippen molar-refractivity contribution in [1.29, 1.82) is 0 Å². The Morgan fingerprint density at radius 2 is 1.63 bits per heavy atom. The number of hydrogen-bond donors (Lipinski definition) is 1. The molecule has 0 amide bonds. The molecule has 0 aliphatic heterocycles. The molecule has 1 aromatic heterocycles. The Kier molecular flexibility index (Phi) is 10.1. The highest BCUT2D eigenvalue weighted by molar-refractivity contribution is 6.35. The average molecular weight is 391 g/mol. The zero-order valence-electron chi connectivity index (χ0n) is 17.0. The molecule has 150 valence electrons. The Balaban J connectivity index is 2.04. The maximum atomic E-state index is 11.0. The van der Waals surface area contributed by atoms with Crippen LogP contribution in [0.2, 0.25) is 5.02 Å². The van der Waals surface area contributed by atoms with Gasteiger partial charge in [0, 0.05) is 18.1 Å². The average Bonchev–Trinajstić information content (AvgIpc) is 2.68. The number of aliphatic hydroxyl groups excluding tert-OH is 1. The van der Waals surface area contributed by atoms with Gasteiger partial charge in [0.25, 0.3) is 0 Å². The SMILES string of the molecule is CCCCCCN(CCCCCC)C[C@@H](O)c1ccnc2c(Cl)cccc12. The maximum absolute atomic E-state index is 11.0. The van der Waals surface area contributed by atoms with Gasteiger partial charge >= 0.3 is 0 Å². The third-order valence-corrected chi connectivity index (χ3v) is 5.51. The van der Waals surface area contributed by atoms with Crippen molar-refractivity contribution >= 4 is 22.5 Å². The highest BCUT2D eigenvalue weighted by Crippen LogP contribution is 2.28. The molecule has 0 saturated heterocycles. The summed E-state index contributed by atoms with van der Waals surface area (Å²) >= 11 is 6.28. The van der Waals surface area contributed by atoms with Gasteiger partial charge in [0.2, 0.25) is 0 Å². The lowest BCUT2D eigenvalue weighted by Gasteiger charge is -2.26. The minimum absolute atomic E-state index is 0.522. The van der Waals surface area contributed by atoms with Crippen molar-refractivity contribution in [3.63, 3.8) is 0 Å². The highest BCUT2D eigenvalue weighted by atomic mass is 35.5. The van der Waals surface area contributed by atoms with Gasteiger partial charge < -0.3 is 10.0 Å². The lowest BCUT2D eigenvalue weighted by Crippen LogP contribution is -2.31. The zero-order chi connectivity index (χ0) is 19.5. The van der Waals surface area contributed by atoms with Gasteiger partial charge in [-0.1, -0.05) is 76.1 Å². The Labute approximate surface area is 169 Å². The minimum atomic E-state index is -0.522. The van der Waals surface area contributed by atoms with Crippen LogP contribution in [0, 0.1) is 0 Å². The number of para-hydroxylation sites is 1. The molecule has 1 heterocycles. The molecule has 0 unspecified atom stereocenters. The van der Waals surface area contributed by atoms with E-state index in [0.717, 1.165) is 29.6 Å². The number of benzene rings is 1. The van der Waals surface area contributed by atoms with Gasteiger partial charge in [-0.3, -0.25) is 4.98 Å². The summed E-state index contributed by atoms with van der Waals surface area (Å²) in [4.78, 5) is 6.82. The number of unbranched alkanes of at least 4 members (excludes halogenated alkanes) is 6. The third kappa shape index (κ3) is 7.06. The van der Waals surface area contributed by atoms with Gasteiger partial charge in [-0.05, 0) is 43.6 Å². The molecule has 0 saturated carbocycles. The number of aromatic nitrogens is 1. The fraction of sp³-hybridized carbons (Fsp3) is 0.609. The van der Waals surface area contributed by atoms with Crippen molar-refractivity contribution in [2.45, 2.75) is 71.3 Å². The minimum Gasteiger partial charge on any atom is -0.387 e. The summed E-state index contributed by atoms with van der Waals surface area (Å²) < 4.78 is 0. The van der Waals surface area contributed by atoms with Crippen LogP contribution in [-0.4, -0.2) is 34.6 Å². The summed E-state index contributed by atoms with van der Waals surface area (Å²) in [5, 5.41) is 12.6. The van der Waals surface area contributed by atoms with E-state index in [1.54, 1.807) is 6.20 Å². The first-order chi connectivity index (χ1) is 13.2. The van der Waals surface area contributed by atoms with Gasteiger partial charge in [-0.25, -0.2) is 0 Å². The first kappa shape index (κ1) is 22.1. The summed E-state index contributed by atoms with van der Waals surface area (Å²) in [6.45, 7) is 7.28. The van der Waals surface area contributed by atoms with Crippen molar-refractivity contribution < 1.29 is 5.11 Å². The Morgan fingerprint density at radius 1 is 0.963 bits per heavy atom. The maximum Gasteiger partial charge on any atom is 0.0924 e. The molecule has 3 nitrogen and oxygen atoms in total. The second-order valence-electron chi connectivity index (χ2n) is 7.47. The number of hydrogen-bond acceptors (Lipinski definition) is 3. The molecule has 1 atom stereocenters. The topological polar surface area (TPSA) is 36.4 Å². The van der Waals surface area contributed by atoms with E-state index in [2.05, 4.69) is 23.7 Å². The Bertz CT molecular complexity index is 664. The molecule has 27 heavy (non-hydrogen) atoms. The summed E-state index contributed by atoms with van der Waals surface area (Å²) in [6, 6.07) is 7.70. The van der Waals surface area contributed by atoms with E-state index in [4.69, 9.17) is 11.6 Å². The lowest BCUT2D eigenvalue weighted by molar-refractivity contribution is 0.111. The summed E-state index contributed by atoms with van der Waals surface area (Å²) in [7, 11) is 0. The van der Waals surface area contributed by atoms with E-state index in [1.165, 1.54) is 51.4 Å². The van der Waals surface area contributed by atoms with E-state index in [-0.39, 0.29) is 0 Å². The molecule has 2 aromatic rings. The Morgan fingerprint density at radius 3 is 2.26 bits per heavy atom. The van der Waals surface area contributed by atoms with Crippen LogP contribution in [0.4, 0.5) is 0 Å². The van der Waals surface area contributed by atoms with Crippen LogP contribution in [0.1, 0.15) is 76.9 Å². The summed E-state index contributed by atoms with van der Waals surface area (Å²) in [6.07, 6.45) is 11.3. The van der Waals surface area contributed by atoms with Gasteiger partial charge in [0.1, 0.15) is 0 Å². The number of fused-ring (bicyclic) bond motifs is 1. The number of halogens is 1. The molecule has 0 spiro atoms. The molecule has 0 fully saturated rings. The molecule has 0 radical (unpaired) electrons. The molecule has 4 heteroatoms. The van der Waals surface area contributed by atoms with Crippen molar-refractivity contribution in [3.05, 3.63) is 41.0 Å². The summed E-state index contributed by atoms with van der Waals surface area (Å²) in [5.74, 6) is 0. The molecule has 1 N–H and O–H groups in total. The van der Waals surface area contributed by atoms with E-state index in [1.807, 2.05) is 24.3 Å². The summed E-state index contributed by atoms with van der Waals surface area (Å²) in [5.41, 5.74) is 1.70. The molecule has 2 rings (SSSR count). The molecule has 0 aliphatic rings. The fourth-order valence-electron chi connectivity index (χ4n) is 3.61. The number of aliphatic hydroxyl groups is 1. The second kappa shape index (κ2) is 12.3. The molecule has 0 aliphatic carbocycles. The van der Waals surface area contributed by atoms with E-state index >= 15 is 0 Å². The smallest absolute Gasteiger partial charge is 0.0924 e. The zero-order valence-corrected chi connectivity index (χ0v) is 17.7. The van der Waals surface area contributed by atoms with Gasteiger partial charge in [0.15, 0.2) is 0 Å². The largest absolute Gasteiger partial charge is 0.387 e.